The van der Waals surface area contributed by atoms with Crippen LogP contribution < -0.4 is 4.74 Å². The van der Waals surface area contributed by atoms with E-state index in [0.29, 0.717) is 10.6 Å². The highest BCUT2D eigenvalue weighted by Crippen LogP contribution is 2.29. The van der Waals surface area contributed by atoms with Crippen LogP contribution in [0.15, 0.2) is 40.4 Å². The standard InChI is InChI=1S/C20H20ClNO3S/c1-12-9-15-13(10-19(12)24-2)5-4-6-18(15)22-25-20(23)16-11-14(26-3)7-8-17(16)21/h7-11H,4-6H2,1-3H3/b22-18-. The van der Waals surface area contributed by atoms with Gasteiger partial charge in [-0.3, -0.25) is 0 Å². The zero-order valence-corrected chi connectivity index (χ0v) is 16.5. The van der Waals surface area contributed by atoms with Crippen molar-refractivity contribution in [3.63, 3.8) is 0 Å². The highest BCUT2D eigenvalue weighted by Gasteiger charge is 2.20. The predicted molar refractivity (Wildman–Crippen MR) is 106 cm³/mol. The Balaban J connectivity index is 1.86. The van der Waals surface area contributed by atoms with Crippen LogP contribution in [0.25, 0.3) is 0 Å². The topological polar surface area (TPSA) is 47.9 Å². The van der Waals surface area contributed by atoms with Gasteiger partial charge in [-0.25, -0.2) is 4.79 Å². The third-order valence-electron chi connectivity index (χ3n) is 4.42. The number of rotatable bonds is 4. The van der Waals surface area contributed by atoms with E-state index in [4.69, 9.17) is 21.2 Å². The Hall–Kier alpha value is -1.98. The number of ether oxygens (including phenoxy) is 1. The fraction of sp³-hybridized carbons (Fsp3) is 0.300. The van der Waals surface area contributed by atoms with Gasteiger partial charge in [-0.1, -0.05) is 16.8 Å². The molecule has 26 heavy (non-hydrogen) atoms. The molecule has 2 aromatic carbocycles. The molecule has 0 bridgehead atoms. The van der Waals surface area contributed by atoms with Crippen molar-refractivity contribution in [2.45, 2.75) is 31.1 Å². The molecule has 0 atom stereocenters. The molecule has 136 valence electrons. The minimum Gasteiger partial charge on any atom is -0.496 e. The van der Waals surface area contributed by atoms with E-state index in [1.165, 1.54) is 11.8 Å². The summed E-state index contributed by atoms with van der Waals surface area (Å²) in [5.41, 5.74) is 4.32. The number of benzene rings is 2. The Kier molecular flexibility index (Phi) is 5.89. The van der Waals surface area contributed by atoms with E-state index in [0.717, 1.165) is 52.3 Å². The molecule has 0 amide bonds. The van der Waals surface area contributed by atoms with Crippen molar-refractivity contribution in [2.24, 2.45) is 5.16 Å². The normalized spacial score (nSPS) is 14.8. The maximum atomic E-state index is 12.4. The molecule has 0 aliphatic heterocycles. The van der Waals surface area contributed by atoms with Crippen molar-refractivity contribution in [3.8, 4) is 5.75 Å². The fourth-order valence-electron chi connectivity index (χ4n) is 3.03. The highest BCUT2D eigenvalue weighted by atomic mass is 35.5. The van der Waals surface area contributed by atoms with Crippen molar-refractivity contribution in [1.29, 1.82) is 0 Å². The van der Waals surface area contributed by atoms with E-state index >= 15 is 0 Å². The molecule has 0 unspecified atom stereocenters. The number of hydrogen-bond acceptors (Lipinski definition) is 5. The van der Waals surface area contributed by atoms with Gasteiger partial charge >= 0.3 is 5.97 Å². The van der Waals surface area contributed by atoms with Crippen molar-refractivity contribution in [1.82, 2.24) is 0 Å². The number of thioether (sulfide) groups is 1. The number of halogens is 1. The van der Waals surface area contributed by atoms with Crippen LogP contribution in [0.4, 0.5) is 0 Å². The number of carbonyl (C=O) groups excluding carboxylic acids is 1. The summed E-state index contributed by atoms with van der Waals surface area (Å²) in [6.07, 6.45) is 4.62. The van der Waals surface area contributed by atoms with Crippen LogP contribution in [0.3, 0.4) is 0 Å². The van der Waals surface area contributed by atoms with Gasteiger partial charge in [0, 0.05) is 10.5 Å². The van der Waals surface area contributed by atoms with E-state index in [9.17, 15) is 4.79 Å². The zero-order valence-electron chi connectivity index (χ0n) is 15.0. The Labute approximate surface area is 162 Å². The van der Waals surface area contributed by atoms with Crippen LogP contribution in [0.5, 0.6) is 5.75 Å². The molecule has 0 fully saturated rings. The highest BCUT2D eigenvalue weighted by molar-refractivity contribution is 7.98. The summed E-state index contributed by atoms with van der Waals surface area (Å²) < 4.78 is 5.40. The van der Waals surface area contributed by atoms with Crippen LogP contribution >= 0.6 is 23.4 Å². The number of fused-ring (bicyclic) bond motifs is 1. The second-order valence-electron chi connectivity index (χ2n) is 6.10. The van der Waals surface area contributed by atoms with Crippen LogP contribution in [-0.2, 0) is 11.3 Å². The summed E-state index contributed by atoms with van der Waals surface area (Å²) in [4.78, 5) is 18.6. The van der Waals surface area contributed by atoms with Gasteiger partial charge < -0.3 is 9.57 Å². The molecule has 6 heteroatoms. The lowest BCUT2D eigenvalue weighted by molar-refractivity contribution is 0.0515. The minimum absolute atomic E-state index is 0.324. The lowest BCUT2D eigenvalue weighted by Crippen LogP contribution is -2.14. The Morgan fingerprint density at radius 1 is 1.23 bits per heavy atom. The van der Waals surface area contributed by atoms with Gasteiger partial charge in [0.2, 0.25) is 0 Å². The molecule has 4 nitrogen and oxygen atoms in total. The molecule has 1 aliphatic rings. The third kappa shape index (κ3) is 3.89. The summed E-state index contributed by atoms with van der Waals surface area (Å²) in [6, 6.07) is 9.37. The third-order valence-corrected chi connectivity index (χ3v) is 5.48. The molecule has 0 saturated heterocycles. The summed E-state index contributed by atoms with van der Waals surface area (Å²) in [5, 5.41) is 4.51. The predicted octanol–water partition coefficient (Wildman–Crippen LogP) is 5.28. The van der Waals surface area contributed by atoms with E-state index in [1.54, 1.807) is 19.2 Å². The molecule has 0 N–H and O–H groups in total. The fourth-order valence-corrected chi connectivity index (χ4v) is 3.67. The Morgan fingerprint density at radius 3 is 2.77 bits per heavy atom. The van der Waals surface area contributed by atoms with Gasteiger partial charge in [0.1, 0.15) is 5.75 Å². The molecule has 2 aromatic rings. The number of methoxy groups -OCH3 is 1. The van der Waals surface area contributed by atoms with Crippen LogP contribution in [-0.4, -0.2) is 25.0 Å². The lowest BCUT2D eigenvalue weighted by Gasteiger charge is -2.19. The summed E-state index contributed by atoms with van der Waals surface area (Å²) in [6.45, 7) is 1.99. The van der Waals surface area contributed by atoms with E-state index < -0.39 is 5.97 Å². The Bertz CT molecular complexity index is 880. The molecule has 0 heterocycles. The first-order valence-corrected chi connectivity index (χ1v) is 9.93. The lowest BCUT2D eigenvalue weighted by atomic mass is 9.88. The smallest absolute Gasteiger partial charge is 0.367 e. The monoisotopic (exact) mass is 389 g/mol. The first-order valence-electron chi connectivity index (χ1n) is 8.33. The summed E-state index contributed by atoms with van der Waals surface area (Å²) in [7, 11) is 1.67. The quantitative estimate of drug-likeness (QED) is 0.405. The molecular weight excluding hydrogens is 370 g/mol. The van der Waals surface area contributed by atoms with Gasteiger partial charge in [0.25, 0.3) is 0 Å². The number of nitrogens with zero attached hydrogens (tertiary/aromatic N) is 1. The molecular formula is C20H20ClNO3S. The van der Waals surface area contributed by atoms with E-state index in [1.807, 2.05) is 31.4 Å². The van der Waals surface area contributed by atoms with Crippen molar-refractivity contribution < 1.29 is 14.4 Å². The van der Waals surface area contributed by atoms with Gasteiger partial charge in [-0.15, -0.1) is 11.8 Å². The average Bonchev–Trinajstić information content (AvgIpc) is 2.66. The number of aryl methyl sites for hydroxylation is 2. The summed E-state index contributed by atoms with van der Waals surface area (Å²) >= 11 is 7.67. The van der Waals surface area contributed by atoms with E-state index in [2.05, 4.69) is 5.16 Å². The van der Waals surface area contributed by atoms with Gasteiger partial charge in [0.05, 0.1) is 23.4 Å². The molecule has 1 aliphatic carbocycles. The number of carbonyl (C=O) groups is 1. The zero-order chi connectivity index (χ0) is 18.7. The van der Waals surface area contributed by atoms with Crippen molar-refractivity contribution in [3.05, 3.63) is 57.6 Å². The number of oxime groups is 1. The average molecular weight is 390 g/mol. The second kappa shape index (κ2) is 8.14. The first-order chi connectivity index (χ1) is 12.5. The van der Waals surface area contributed by atoms with Crippen molar-refractivity contribution >= 4 is 35.0 Å². The molecule has 3 rings (SSSR count). The van der Waals surface area contributed by atoms with Crippen LogP contribution in [0, 0.1) is 6.92 Å². The summed E-state index contributed by atoms with van der Waals surface area (Å²) in [5.74, 6) is 0.318. The van der Waals surface area contributed by atoms with Gasteiger partial charge in [0.15, 0.2) is 0 Å². The maximum Gasteiger partial charge on any atom is 0.367 e. The van der Waals surface area contributed by atoms with Crippen molar-refractivity contribution in [2.75, 3.05) is 13.4 Å². The largest absolute Gasteiger partial charge is 0.496 e. The van der Waals surface area contributed by atoms with Crippen LogP contribution in [0.2, 0.25) is 5.02 Å². The second-order valence-corrected chi connectivity index (χ2v) is 7.38. The minimum atomic E-state index is -0.546. The Morgan fingerprint density at radius 2 is 2.04 bits per heavy atom. The van der Waals surface area contributed by atoms with E-state index in [-0.39, 0.29) is 0 Å². The SMILES string of the molecule is COc1cc2c(cc1C)/C(=N\OC(=O)c1cc(SC)ccc1Cl)CCC2. The molecule has 0 saturated carbocycles. The van der Waals surface area contributed by atoms with Crippen LogP contribution in [0.1, 0.15) is 39.9 Å². The molecule has 0 radical (unpaired) electrons. The first kappa shape index (κ1) is 18.8. The molecule has 0 spiro atoms. The molecule has 0 aromatic heterocycles. The van der Waals surface area contributed by atoms with Gasteiger partial charge in [-0.05, 0) is 73.9 Å². The maximum absolute atomic E-state index is 12.4. The number of hydrogen-bond donors (Lipinski definition) is 0. The van der Waals surface area contributed by atoms with Gasteiger partial charge in [-0.2, -0.15) is 0 Å².